The van der Waals surface area contributed by atoms with Crippen LogP contribution in [0.5, 0.6) is 0 Å². The van der Waals surface area contributed by atoms with E-state index in [-0.39, 0.29) is 35.8 Å². The standard InChI is InChI=1S/C22H26N4O3/c1-13-5-4-6-14(2)21(13)26-12-16(11-20(26)28)22(29)23-17-7-8-18-15(9-17)10-19(27)25(3)24-18/h4-6,10,16-17H,7-9,11-12H2,1-3H3,(H,23,29). The zero-order valence-electron chi connectivity index (χ0n) is 17.1. The molecule has 1 aromatic heterocycles. The van der Waals surface area contributed by atoms with Gasteiger partial charge in [-0.05, 0) is 49.8 Å². The van der Waals surface area contributed by atoms with Crippen LogP contribution in [0.3, 0.4) is 0 Å². The van der Waals surface area contributed by atoms with Crippen molar-refractivity contribution < 1.29 is 9.59 Å². The first kappa shape index (κ1) is 19.4. The first-order valence-electron chi connectivity index (χ1n) is 10.1. The maximum atomic E-state index is 12.9. The number of hydrogen-bond acceptors (Lipinski definition) is 4. The van der Waals surface area contributed by atoms with Crippen molar-refractivity contribution in [3.8, 4) is 0 Å². The van der Waals surface area contributed by atoms with Crippen LogP contribution in [0.15, 0.2) is 29.1 Å². The number of aryl methyl sites for hydroxylation is 4. The number of anilines is 1. The van der Waals surface area contributed by atoms with E-state index in [0.29, 0.717) is 13.0 Å². The number of benzene rings is 1. The Balaban J connectivity index is 1.44. The Morgan fingerprint density at radius 2 is 1.90 bits per heavy atom. The topological polar surface area (TPSA) is 84.3 Å². The molecule has 0 saturated carbocycles. The molecule has 2 aromatic rings. The smallest absolute Gasteiger partial charge is 0.266 e. The number of carbonyl (C=O) groups excluding carboxylic acids is 2. The van der Waals surface area contributed by atoms with E-state index in [1.807, 2.05) is 32.0 Å². The fraction of sp³-hybridized carbons (Fsp3) is 0.455. The van der Waals surface area contributed by atoms with E-state index >= 15 is 0 Å². The third-order valence-corrected chi connectivity index (χ3v) is 6.01. The van der Waals surface area contributed by atoms with Gasteiger partial charge in [0.15, 0.2) is 0 Å². The minimum atomic E-state index is -0.357. The van der Waals surface area contributed by atoms with Crippen LogP contribution >= 0.6 is 0 Å². The van der Waals surface area contributed by atoms with Gasteiger partial charge in [0.05, 0.1) is 11.6 Å². The lowest BCUT2D eigenvalue weighted by Crippen LogP contribution is -2.43. The lowest BCUT2D eigenvalue weighted by Gasteiger charge is -2.26. The highest BCUT2D eigenvalue weighted by Gasteiger charge is 2.37. The van der Waals surface area contributed by atoms with E-state index in [9.17, 15) is 14.4 Å². The fourth-order valence-electron chi connectivity index (χ4n) is 4.46. The SMILES string of the molecule is Cc1cccc(C)c1N1CC(C(=O)NC2CCc3nn(C)c(=O)cc3C2)CC1=O. The second-order valence-electron chi connectivity index (χ2n) is 8.17. The van der Waals surface area contributed by atoms with Crippen molar-refractivity contribution in [2.45, 2.75) is 45.6 Å². The molecule has 7 heteroatoms. The molecule has 2 aliphatic rings. The van der Waals surface area contributed by atoms with Gasteiger partial charge in [-0.15, -0.1) is 0 Å². The molecule has 1 N–H and O–H groups in total. The number of rotatable bonds is 3. The van der Waals surface area contributed by atoms with E-state index in [2.05, 4.69) is 10.4 Å². The number of para-hydroxylation sites is 1. The van der Waals surface area contributed by atoms with Crippen LogP contribution in [0, 0.1) is 19.8 Å². The first-order valence-corrected chi connectivity index (χ1v) is 10.1. The number of amides is 2. The Morgan fingerprint density at radius 3 is 2.62 bits per heavy atom. The lowest BCUT2D eigenvalue weighted by atomic mass is 9.92. The number of nitrogens with one attached hydrogen (secondary N) is 1. The third-order valence-electron chi connectivity index (χ3n) is 6.01. The minimum Gasteiger partial charge on any atom is -0.353 e. The highest BCUT2D eigenvalue weighted by atomic mass is 16.2. The van der Waals surface area contributed by atoms with Crippen molar-refractivity contribution in [3.63, 3.8) is 0 Å². The summed E-state index contributed by atoms with van der Waals surface area (Å²) in [5.74, 6) is -0.453. The monoisotopic (exact) mass is 394 g/mol. The molecule has 2 amide bonds. The summed E-state index contributed by atoms with van der Waals surface area (Å²) < 4.78 is 1.35. The summed E-state index contributed by atoms with van der Waals surface area (Å²) in [6, 6.07) is 7.53. The molecule has 2 unspecified atom stereocenters. The van der Waals surface area contributed by atoms with Gasteiger partial charge in [0.2, 0.25) is 11.8 Å². The summed E-state index contributed by atoms with van der Waals surface area (Å²) in [7, 11) is 1.65. The van der Waals surface area contributed by atoms with Crippen LogP contribution in [0.4, 0.5) is 5.69 Å². The Hall–Kier alpha value is -2.96. The van der Waals surface area contributed by atoms with Gasteiger partial charge >= 0.3 is 0 Å². The van der Waals surface area contributed by atoms with Gasteiger partial charge in [0, 0.05) is 37.8 Å². The van der Waals surface area contributed by atoms with Gasteiger partial charge in [0.25, 0.3) is 5.56 Å². The van der Waals surface area contributed by atoms with E-state index in [0.717, 1.165) is 40.9 Å². The maximum Gasteiger partial charge on any atom is 0.266 e. The van der Waals surface area contributed by atoms with Gasteiger partial charge in [0.1, 0.15) is 0 Å². The third kappa shape index (κ3) is 3.69. The first-order chi connectivity index (χ1) is 13.8. The zero-order chi connectivity index (χ0) is 20.7. The van der Waals surface area contributed by atoms with Crippen LogP contribution in [0.1, 0.15) is 35.2 Å². The zero-order valence-corrected chi connectivity index (χ0v) is 17.1. The van der Waals surface area contributed by atoms with Crippen LogP contribution in [0.25, 0.3) is 0 Å². The summed E-state index contributed by atoms with van der Waals surface area (Å²) in [5.41, 5.74) is 4.69. The molecule has 1 aliphatic carbocycles. The van der Waals surface area contributed by atoms with Crippen molar-refractivity contribution >= 4 is 17.5 Å². The Morgan fingerprint density at radius 1 is 1.17 bits per heavy atom. The Labute approximate surface area is 169 Å². The quantitative estimate of drug-likeness (QED) is 0.853. The molecule has 0 radical (unpaired) electrons. The average Bonchev–Trinajstić information content (AvgIpc) is 3.04. The van der Waals surface area contributed by atoms with Gasteiger partial charge in [-0.1, -0.05) is 18.2 Å². The van der Waals surface area contributed by atoms with Crippen molar-refractivity contribution in [1.82, 2.24) is 15.1 Å². The molecule has 1 aliphatic heterocycles. The molecular weight excluding hydrogens is 368 g/mol. The van der Waals surface area contributed by atoms with Crippen molar-refractivity contribution in [2.75, 3.05) is 11.4 Å². The van der Waals surface area contributed by atoms with Gasteiger partial charge in [-0.25, -0.2) is 4.68 Å². The van der Waals surface area contributed by atoms with Crippen LogP contribution in [-0.2, 0) is 29.5 Å². The second kappa shape index (κ2) is 7.46. The maximum absolute atomic E-state index is 12.9. The molecular formula is C22H26N4O3. The molecule has 29 heavy (non-hydrogen) atoms. The van der Waals surface area contributed by atoms with Crippen molar-refractivity contribution in [3.05, 3.63) is 57.0 Å². The fourth-order valence-corrected chi connectivity index (χ4v) is 4.46. The summed E-state index contributed by atoms with van der Waals surface area (Å²) in [4.78, 5) is 39.1. The van der Waals surface area contributed by atoms with Crippen LogP contribution < -0.4 is 15.8 Å². The number of aromatic nitrogens is 2. The molecule has 1 fully saturated rings. The van der Waals surface area contributed by atoms with E-state index in [1.165, 1.54) is 4.68 Å². The van der Waals surface area contributed by atoms with Crippen LogP contribution in [0.2, 0.25) is 0 Å². The predicted molar refractivity (Wildman–Crippen MR) is 110 cm³/mol. The average molecular weight is 394 g/mol. The summed E-state index contributed by atoms with van der Waals surface area (Å²) in [5, 5.41) is 7.42. The molecule has 1 saturated heterocycles. The normalized spacial score (nSPS) is 21.2. The molecule has 152 valence electrons. The predicted octanol–water partition coefficient (Wildman–Crippen LogP) is 1.42. The highest BCUT2D eigenvalue weighted by molar-refractivity contribution is 6.01. The van der Waals surface area contributed by atoms with Crippen LogP contribution in [-0.4, -0.2) is 34.2 Å². The van der Waals surface area contributed by atoms with Crippen molar-refractivity contribution in [2.24, 2.45) is 13.0 Å². The summed E-state index contributed by atoms with van der Waals surface area (Å²) in [6.45, 7) is 4.38. The summed E-state index contributed by atoms with van der Waals surface area (Å²) >= 11 is 0. The van der Waals surface area contributed by atoms with E-state index in [1.54, 1.807) is 18.0 Å². The van der Waals surface area contributed by atoms with Gasteiger partial charge in [-0.3, -0.25) is 14.4 Å². The minimum absolute atomic E-state index is 0.00997. The number of carbonyl (C=O) groups is 2. The Kier molecular flexibility index (Phi) is 4.98. The molecule has 1 aromatic carbocycles. The number of fused-ring (bicyclic) bond motifs is 1. The number of nitrogens with zero attached hydrogens (tertiary/aromatic N) is 3. The largest absolute Gasteiger partial charge is 0.353 e. The molecule has 7 nitrogen and oxygen atoms in total. The highest BCUT2D eigenvalue weighted by Crippen LogP contribution is 2.31. The lowest BCUT2D eigenvalue weighted by molar-refractivity contribution is -0.127. The second-order valence-corrected chi connectivity index (χ2v) is 8.17. The summed E-state index contributed by atoms with van der Waals surface area (Å²) in [6.07, 6.45) is 2.34. The van der Waals surface area contributed by atoms with Crippen molar-refractivity contribution in [1.29, 1.82) is 0 Å². The number of hydrogen-bond donors (Lipinski definition) is 1. The molecule has 2 heterocycles. The molecule has 2 atom stereocenters. The molecule has 0 bridgehead atoms. The van der Waals surface area contributed by atoms with E-state index < -0.39 is 0 Å². The Bertz CT molecular complexity index is 1020. The van der Waals surface area contributed by atoms with Gasteiger partial charge < -0.3 is 10.2 Å². The molecule has 4 rings (SSSR count). The molecule has 0 spiro atoms. The van der Waals surface area contributed by atoms with E-state index in [4.69, 9.17) is 0 Å². The van der Waals surface area contributed by atoms with Gasteiger partial charge in [-0.2, -0.15) is 5.10 Å².